The lowest BCUT2D eigenvalue weighted by Gasteiger charge is -2.31. The zero-order valence-corrected chi connectivity index (χ0v) is 45.1. The molecule has 0 spiro atoms. The van der Waals surface area contributed by atoms with Crippen molar-refractivity contribution < 1.29 is 38.2 Å². The van der Waals surface area contributed by atoms with Crippen LogP contribution in [0.25, 0.3) is 0 Å². The molecule has 0 saturated carbocycles. The first-order valence-electron chi connectivity index (χ1n) is 28.3. The fourth-order valence-electron chi connectivity index (χ4n) is 8.38. The predicted molar refractivity (Wildman–Crippen MR) is 289 cm³/mol. The number of likely N-dealkylation sites (N-methyl/N-ethyl adjacent to an activating group) is 1. The Kier molecular flexibility index (Phi) is 48.2. The molecule has 0 amide bonds. The molecule has 0 heterocycles. The lowest BCUT2D eigenvalue weighted by molar-refractivity contribution is -0.887. The van der Waals surface area contributed by atoms with Crippen molar-refractivity contribution in [1.82, 2.24) is 0 Å². The molecule has 2 atom stereocenters. The number of esters is 2. The summed E-state index contributed by atoms with van der Waals surface area (Å²) in [4.78, 5) is 37.3. The highest BCUT2D eigenvalue weighted by atomic mass is 16.6. The number of carbonyl (C=O) groups is 3. The number of allylic oxidation sites excluding steroid dienone is 10. The Morgan fingerprint density at radius 1 is 0.441 bits per heavy atom. The van der Waals surface area contributed by atoms with Crippen LogP contribution in [0.4, 0.5) is 0 Å². The summed E-state index contributed by atoms with van der Waals surface area (Å²) in [7, 11) is 5.55. The maximum absolute atomic E-state index is 12.8. The molecule has 8 heteroatoms. The maximum Gasteiger partial charge on any atom is 0.362 e. The molecule has 394 valence electrons. The minimum absolute atomic E-state index is 0.0507. The number of rotatable bonds is 51. The molecule has 0 aromatic heterocycles. The zero-order chi connectivity index (χ0) is 49.9. The quantitative estimate of drug-likeness (QED) is 0.0281. The number of ether oxygens (including phenoxy) is 3. The van der Waals surface area contributed by atoms with E-state index in [4.69, 9.17) is 14.2 Å². The number of aliphatic carboxylic acids is 1. The molecule has 0 aliphatic carbocycles. The van der Waals surface area contributed by atoms with Crippen molar-refractivity contribution in [2.75, 3.05) is 41.0 Å². The first-order chi connectivity index (χ1) is 33.1. The molecule has 0 aliphatic rings. The first kappa shape index (κ1) is 65.0. The van der Waals surface area contributed by atoms with Crippen molar-refractivity contribution in [1.29, 1.82) is 0 Å². The molecule has 1 N–H and O–H groups in total. The van der Waals surface area contributed by atoms with Gasteiger partial charge in [0.1, 0.15) is 6.61 Å². The van der Waals surface area contributed by atoms with E-state index in [1.165, 1.54) is 148 Å². The Bertz CT molecular complexity index is 1290. The number of hydrogen-bond donors (Lipinski definition) is 1. The van der Waals surface area contributed by atoms with Gasteiger partial charge in [-0.3, -0.25) is 9.59 Å². The topological polar surface area (TPSA) is 99.1 Å². The summed E-state index contributed by atoms with van der Waals surface area (Å²) < 4.78 is 17.4. The number of quaternary nitrogens is 1. The third-order valence-corrected chi connectivity index (χ3v) is 12.7. The lowest BCUT2D eigenvalue weighted by atomic mass is 10.0. The van der Waals surface area contributed by atoms with Crippen LogP contribution in [0.2, 0.25) is 0 Å². The molecule has 0 aliphatic heterocycles. The average Bonchev–Trinajstić information content (AvgIpc) is 3.30. The number of unbranched alkanes of at least 4 members (excludes halogenated alkanes) is 27. The van der Waals surface area contributed by atoms with E-state index in [0.717, 1.165) is 70.6 Å². The van der Waals surface area contributed by atoms with Gasteiger partial charge in [0.2, 0.25) is 0 Å². The van der Waals surface area contributed by atoms with Gasteiger partial charge in [-0.25, -0.2) is 4.79 Å². The highest BCUT2D eigenvalue weighted by Gasteiger charge is 2.31. The Morgan fingerprint density at radius 2 is 0.779 bits per heavy atom. The van der Waals surface area contributed by atoms with Crippen molar-refractivity contribution in [2.45, 2.75) is 264 Å². The SMILES string of the molecule is CC/C=C/C/C=C/C/C=C/CCCCCCCCCCCCCCCC(=O)OCC(COCCC(C(=O)O)[N+](C)(C)C)OC(=O)CCCCCCCCCCCCCCCC/C=C/C/C=C/CC. The van der Waals surface area contributed by atoms with Crippen molar-refractivity contribution >= 4 is 17.9 Å². The molecule has 0 fully saturated rings. The molecule has 0 saturated heterocycles. The maximum atomic E-state index is 12.8. The van der Waals surface area contributed by atoms with Gasteiger partial charge >= 0.3 is 17.9 Å². The first-order valence-corrected chi connectivity index (χ1v) is 28.3. The van der Waals surface area contributed by atoms with E-state index in [1.54, 1.807) is 0 Å². The van der Waals surface area contributed by atoms with E-state index in [-0.39, 0.29) is 36.2 Å². The summed E-state index contributed by atoms with van der Waals surface area (Å²) in [5, 5.41) is 9.68. The minimum atomic E-state index is -0.873. The van der Waals surface area contributed by atoms with E-state index >= 15 is 0 Å². The highest BCUT2D eigenvalue weighted by molar-refractivity contribution is 5.72. The number of carboxylic acid groups (broad SMARTS) is 1. The van der Waals surface area contributed by atoms with Gasteiger partial charge < -0.3 is 23.8 Å². The van der Waals surface area contributed by atoms with Gasteiger partial charge in [0.25, 0.3) is 0 Å². The standard InChI is InChI=1S/C60H107NO7/c1-6-8-10-12-14-16-18-20-22-24-26-28-29-31-32-34-36-38-40-42-44-46-48-50-58(62)67-55-56(54-66-53-52-57(60(64)65)61(3,4)5)68-59(63)51-49-47-45-43-41-39-37-35-33-30-27-25-23-21-19-17-15-13-11-9-7-2/h8-11,14-17,20,22,56-57H,6-7,12-13,18-19,21,23-55H2,1-5H3/p+1/b10-8+,11-9+,16-14+,17-15+,22-20+. The Balaban J connectivity index is 4.15. The monoisotopic (exact) mass is 955 g/mol. The van der Waals surface area contributed by atoms with Crippen molar-refractivity contribution in [3.05, 3.63) is 60.8 Å². The number of carboxylic acids is 1. The smallest absolute Gasteiger partial charge is 0.362 e. The second kappa shape index (κ2) is 50.4. The number of hydrogen-bond acceptors (Lipinski definition) is 6. The van der Waals surface area contributed by atoms with E-state index in [0.29, 0.717) is 19.3 Å². The summed E-state index contributed by atoms with van der Waals surface area (Å²) in [6.07, 6.45) is 64.2. The molecule has 0 radical (unpaired) electrons. The van der Waals surface area contributed by atoms with Gasteiger partial charge in [0.15, 0.2) is 12.1 Å². The molecular formula is C60H108NO7+. The van der Waals surface area contributed by atoms with Crippen LogP contribution >= 0.6 is 0 Å². The van der Waals surface area contributed by atoms with Crippen molar-refractivity contribution in [3.63, 3.8) is 0 Å². The van der Waals surface area contributed by atoms with E-state index < -0.39 is 18.1 Å². The van der Waals surface area contributed by atoms with Crippen LogP contribution in [0.15, 0.2) is 60.8 Å². The second-order valence-electron chi connectivity index (χ2n) is 20.1. The van der Waals surface area contributed by atoms with Crippen LogP contribution in [0, 0.1) is 0 Å². The molecule has 2 unspecified atom stereocenters. The van der Waals surface area contributed by atoms with Crippen molar-refractivity contribution in [3.8, 4) is 0 Å². The molecular weight excluding hydrogens is 847 g/mol. The summed E-state index contributed by atoms with van der Waals surface area (Å²) >= 11 is 0. The lowest BCUT2D eigenvalue weighted by Crippen LogP contribution is -2.50. The van der Waals surface area contributed by atoms with E-state index in [1.807, 2.05) is 21.1 Å². The molecule has 8 nitrogen and oxygen atoms in total. The van der Waals surface area contributed by atoms with Crippen LogP contribution in [-0.4, -0.2) is 80.6 Å². The number of carbonyl (C=O) groups excluding carboxylic acids is 2. The second-order valence-corrected chi connectivity index (χ2v) is 20.1. The van der Waals surface area contributed by atoms with Crippen LogP contribution < -0.4 is 0 Å². The third-order valence-electron chi connectivity index (χ3n) is 12.7. The van der Waals surface area contributed by atoms with Gasteiger partial charge in [-0.15, -0.1) is 0 Å². The van der Waals surface area contributed by atoms with Gasteiger partial charge in [-0.05, 0) is 70.6 Å². The third kappa shape index (κ3) is 48.1. The fraction of sp³-hybridized carbons (Fsp3) is 0.783. The van der Waals surface area contributed by atoms with Crippen LogP contribution in [0.1, 0.15) is 251 Å². The van der Waals surface area contributed by atoms with Gasteiger partial charge in [0, 0.05) is 19.3 Å². The largest absolute Gasteiger partial charge is 0.477 e. The summed E-state index contributed by atoms with van der Waals surface area (Å²) in [6, 6.07) is -0.616. The van der Waals surface area contributed by atoms with Gasteiger partial charge in [0.05, 0.1) is 34.4 Å². The van der Waals surface area contributed by atoms with Crippen LogP contribution in [0.5, 0.6) is 0 Å². The molecule has 0 aromatic rings. The Labute approximate surface area is 419 Å². The summed E-state index contributed by atoms with van der Waals surface area (Å²) in [5.41, 5.74) is 0. The summed E-state index contributed by atoms with van der Waals surface area (Å²) in [5.74, 6) is -1.46. The van der Waals surface area contributed by atoms with E-state index in [2.05, 4.69) is 74.6 Å². The average molecular weight is 956 g/mol. The van der Waals surface area contributed by atoms with Crippen LogP contribution in [0.3, 0.4) is 0 Å². The highest BCUT2D eigenvalue weighted by Crippen LogP contribution is 2.17. The fourth-order valence-corrected chi connectivity index (χ4v) is 8.38. The molecule has 0 bridgehead atoms. The normalized spacial score (nSPS) is 13.2. The Hall–Kier alpha value is -2.97. The number of nitrogens with zero attached hydrogens (tertiary/aromatic N) is 1. The Morgan fingerprint density at radius 3 is 1.15 bits per heavy atom. The van der Waals surface area contributed by atoms with E-state index in [9.17, 15) is 19.5 Å². The zero-order valence-electron chi connectivity index (χ0n) is 45.1. The van der Waals surface area contributed by atoms with Crippen LogP contribution in [-0.2, 0) is 28.6 Å². The molecule has 68 heavy (non-hydrogen) atoms. The van der Waals surface area contributed by atoms with Gasteiger partial charge in [-0.1, -0.05) is 222 Å². The molecule has 0 rings (SSSR count). The minimum Gasteiger partial charge on any atom is -0.477 e. The summed E-state index contributed by atoms with van der Waals surface area (Å²) in [6.45, 7) is 4.56. The van der Waals surface area contributed by atoms with Crippen molar-refractivity contribution in [2.24, 2.45) is 0 Å². The molecule has 0 aromatic carbocycles. The predicted octanol–water partition coefficient (Wildman–Crippen LogP) is 16.9. The van der Waals surface area contributed by atoms with Gasteiger partial charge in [-0.2, -0.15) is 0 Å².